The summed E-state index contributed by atoms with van der Waals surface area (Å²) in [6, 6.07) is 8.84. The number of hydrogen-bond acceptors (Lipinski definition) is 10. The van der Waals surface area contributed by atoms with Crippen molar-refractivity contribution >= 4 is 29.4 Å². The van der Waals surface area contributed by atoms with Gasteiger partial charge in [-0.3, -0.25) is 4.90 Å². The van der Waals surface area contributed by atoms with E-state index in [0.29, 0.717) is 30.5 Å². The van der Waals surface area contributed by atoms with Crippen LogP contribution in [0.2, 0.25) is 0 Å². The van der Waals surface area contributed by atoms with Crippen molar-refractivity contribution in [3.63, 3.8) is 0 Å². The second-order valence-electron chi connectivity index (χ2n) is 7.64. The monoisotopic (exact) mass is 450 g/mol. The number of rotatable bonds is 3. The molecule has 1 fully saturated rings. The van der Waals surface area contributed by atoms with E-state index in [4.69, 9.17) is 19.2 Å². The number of aromatic nitrogens is 2. The highest BCUT2D eigenvalue weighted by atomic mass is 16.9. The average molecular weight is 450 g/mol. The molecule has 0 aliphatic carbocycles. The van der Waals surface area contributed by atoms with Crippen LogP contribution in [0, 0.1) is 0 Å². The quantitative estimate of drug-likeness (QED) is 0.682. The van der Waals surface area contributed by atoms with Gasteiger partial charge in [-0.25, -0.2) is 24.5 Å². The number of hydrogen-bond donors (Lipinski definition) is 1. The molecule has 33 heavy (non-hydrogen) atoms. The summed E-state index contributed by atoms with van der Waals surface area (Å²) in [5.74, 6) is -2.56. The van der Waals surface area contributed by atoms with E-state index in [1.807, 2.05) is 13.0 Å². The van der Waals surface area contributed by atoms with E-state index in [-0.39, 0.29) is 12.0 Å². The van der Waals surface area contributed by atoms with Gasteiger partial charge in [0, 0.05) is 50.7 Å². The molecule has 3 aliphatic heterocycles. The average Bonchev–Trinajstić information content (AvgIpc) is 2.98. The summed E-state index contributed by atoms with van der Waals surface area (Å²) >= 11 is 0. The molecule has 0 amide bonds. The minimum atomic E-state index is -2.14. The Balaban J connectivity index is 1.39. The fraction of sp³-hybridized carbons (Fsp3) is 0.318. The Bertz CT molecular complexity index is 1090. The zero-order chi connectivity index (χ0) is 22.8. The molecule has 0 saturated carbocycles. The van der Waals surface area contributed by atoms with Gasteiger partial charge in [0.2, 0.25) is 11.8 Å². The topological polar surface area (TPSA) is 118 Å². The van der Waals surface area contributed by atoms with Gasteiger partial charge in [0.25, 0.3) is 0 Å². The van der Waals surface area contributed by atoms with Gasteiger partial charge in [-0.15, -0.1) is 0 Å². The SMILES string of the molecule is CC(/N=C1\Nc2ccccc2OC12OC(=O)C=CC(=O)O2)N1CCN(c2ncccn2)CC1. The van der Waals surface area contributed by atoms with Crippen LogP contribution in [0.25, 0.3) is 0 Å². The molecular formula is C22H22N6O5. The molecule has 1 N–H and O–H groups in total. The number of esters is 2. The number of piperazine rings is 1. The highest BCUT2D eigenvalue weighted by Crippen LogP contribution is 2.36. The first kappa shape index (κ1) is 20.9. The van der Waals surface area contributed by atoms with Crippen molar-refractivity contribution in [3.8, 4) is 5.75 Å². The molecule has 3 aliphatic rings. The maximum Gasteiger partial charge on any atom is 0.486 e. The first-order valence-electron chi connectivity index (χ1n) is 10.6. The van der Waals surface area contributed by atoms with Gasteiger partial charge in [0.15, 0.2) is 5.75 Å². The molecule has 1 saturated heterocycles. The largest absolute Gasteiger partial charge is 0.486 e. The van der Waals surface area contributed by atoms with Gasteiger partial charge in [0.1, 0.15) is 6.17 Å². The lowest BCUT2D eigenvalue weighted by atomic mass is 10.2. The maximum absolute atomic E-state index is 12.2. The highest BCUT2D eigenvalue weighted by Gasteiger charge is 2.52. The number of aliphatic imine (C=N–C) groups is 1. The Kier molecular flexibility index (Phi) is 5.38. The second-order valence-corrected chi connectivity index (χ2v) is 7.64. The van der Waals surface area contributed by atoms with Gasteiger partial charge in [-0.2, -0.15) is 0 Å². The number of anilines is 2. The lowest BCUT2D eigenvalue weighted by Gasteiger charge is -2.39. The van der Waals surface area contributed by atoms with Crippen LogP contribution >= 0.6 is 0 Å². The van der Waals surface area contributed by atoms with Gasteiger partial charge < -0.3 is 24.4 Å². The smallest absolute Gasteiger partial charge is 0.412 e. The van der Waals surface area contributed by atoms with Gasteiger partial charge in [-0.1, -0.05) is 12.1 Å². The summed E-state index contributed by atoms with van der Waals surface area (Å²) in [5.41, 5.74) is 0.615. The third-order valence-corrected chi connectivity index (χ3v) is 5.49. The summed E-state index contributed by atoms with van der Waals surface area (Å²) < 4.78 is 16.7. The van der Waals surface area contributed by atoms with E-state index in [2.05, 4.69) is 25.1 Å². The molecule has 1 unspecified atom stereocenters. The fourth-order valence-corrected chi connectivity index (χ4v) is 3.81. The summed E-state index contributed by atoms with van der Waals surface area (Å²) in [6.07, 6.45) is 5.10. The minimum absolute atomic E-state index is 0.0768. The third kappa shape index (κ3) is 4.22. The van der Waals surface area contributed by atoms with Crippen LogP contribution in [-0.4, -0.2) is 71.0 Å². The number of nitrogens with zero attached hydrogens (tertiary/aromatic N) is 5. The predicted octanol–water partition coefficient (Wildman–Crippen LogP) is 1.16. The van der Waals surface area contributed by atoms with E-state index < -0.39 is 17.9 Å². The van der Waals surface area contributed by atoms with Gasteiger partial charge in [0.05, 0.1) is 5.69 Å². The van der Waals surface area contributed by atoms with Crippen LogP contribution < -0.4 is 15.0 Å². The van der Waals surface area contributed by atoms with Crippen LogP contribution in [0.3, 0.4) is 0 Å². The summed E-state index contributed by atoms with van der Waals surface area (Å²) in [7, 11) is 0. The molecule has 11 nitrogen and oxygen atoms in total. The number of para-hydroxylation sites is 2. The van der Waals surface area contributed by atoms with E-state index in [0.717, 1.165) is 25.2 Å². The number of carbonyl (C=O) groups is 2. The summed E-state index contributed by atoms with van der Waals surface area (Å²) in [5, 5.41) is 3.12. The van der Waals surface area contributed by atoms with Crippen molar-refractivity contribution in [2.45, 2.75) is 19.1 Å². The van der Waals surface area contributed by atoms with Crippen molar-refractivity contribution in [1.82, 2.24) is 14.9 Å². The molecule has 11 heteroatoms. The number of benzene rings is 1. The lowest BCUT2D eigenvalue weighted by molar-refractivity contribution is -0.264. The lowest BCUT2D eigenvalue weighted by Crippen LogP contribution is -2.57. The molecule has 1 atom stereocenters. The fourth-order valence-electron chi connectivity index (χ4n) is 3.81. The third-order valence-electron chi connectivity index (χ3n) is 5.49. The maximum atomic E-state index is 12.2. The second kappa shape index (κ2) is 8.51. The van der Waals surface area contributed by atoms with Gasteiger partial charge >= 0.3 is 17.9 Å². The highest BCUT2D eigenvalue weighted by molar-refractivity contribution is 6.06. The first-order valence-corrected chi connectivity index (χ1v) is 10.6. The Labute approximate surface area is 189 Å². The Morgan fingerprint density at radius 1 is 0.970 bits per heavy atom. The van der Waals surface area contributed by atoms with Crippen molar-refractivity contribution in [2.24, 2.45) is 4.99 Å². The molecule has 5 rings (SSSR count). The van der Waals surface area contributed by atoms with E-state index in [1.165, 1.54) is 0 Å². The number of ether oxygens (including phenoxy) is 3. The molecule has 1 spiro atoms. The zero-order valence-electron chi connectivity index (χ0n) is 17.9. The zero-order valence-corrected chi connectivity index (χ0v) is 17.9. The number of fused-ring (bicyclic) bond motifs is 1. The van der Waals surface area contributed by atoms with E-state index >= 15 is 0 Å². The van der Waals surface area contributed by atoms with Crippen molar-refractivity contribution in [1.29, 1.82) is 0 Å². The number of amidine groups is 1. The molecule has 0 radical (unpaired) electrons. The van der Waals surface area contributed by atoms with Crippen LogP contribution in [-0.2, 0) is 19.1 Å². The van der Waals surface area contributed by atoms with Crippen LogP contribution in [0.4, 0.5) is 11.6 Å². The number of nitrogens with one attached hydrogen (secondary N) is 1. The molecule has 1 aromatic carbocycles. The standard InChI is InChI=1S/C22H22N6O5/c1-15(27-11-13-28(14-12-27)21-23-9-4-10-24-21)25-20-22(32-18(29)7-8-19(30)33-22)31-17-6-3-2-5-16(17)26-20/h2-10,15H,11-14H2,1H3,(H,25,26). The molecule has 4 heterocycles. The van der Waals surface area contributed by atoms with Crippen LogP contribution in [0.15, 0.2) is 59.9 Å². The predicted molar refractivity (Wildman–Crippen MR) is 117 cm³/mol. The van der Waals surface area contributed by atoms with Crippen molar-refractivity contribution in [3.05, 3.63) is 54.9 Å². The van der Waals surface area contributed by atoms with E-state index in [1.54, 1.807) is 36.7 Å². The Hall–Kier alpha value is -3.99. The van der Waals surface area contributed by atoms with Crippen LogP contribution in [0.1, 0.15) is 6.92 Å². The molecular weight excluding hydrogens is 428 g/mol. The van der Waals surface area contributed by atoms with Crippen molar-refractivity contribution < 1.29 is 23.8 Å². The van der Waals surface area contributed by atoms with Gasteiger partial charge in [-0.05, 0) is 25.1 Å². The Morgan fingerprint density at radius 2 is 1.64 bits per heavy atom. The minimum Gasteiger partial charge on any atom is -0.412 e. The van der Waals surface area contributed by atoms with Crippen molar-refractivity contribution in [2.75, 3.05) is 36.4 Å². The molecule has 170 valence electrons. The number of carbonyl (C=O) groups excluding carboxylic acids is 2. The molecule has 0 bridgehead atoms. The molecule has 2 aromatic rings. The van der Waals surface area contributed by atoms with Crippen LogP contribution in [0.5, 0.6) is 5.75 Å². The molecule has 1 aromatic heterocycles. The normalized spacial score (nSPS) is 22.0. The van der Waals surface area contributed by atoms with E-state index in [9.17, 15) is 9.59 Å². The Morgan fingerprint density at radius 3 is 2.33 bits per heavy atom. The first-order chi connectivity index (χ1) is 16.0. The summed E-state index contributed by atoms with van der Waals surface area (Å²) in [4.78, 5) is 42.0. The summed E-state index contributed by atoms with van der Waals surface area (Å²) in [6.45, 7) is 4.79.